The predicted octanol–water partition coefficient (Wildman–Crippen LogP) is 3.73. The summed E-state index contributed by atoms with van der Waals surface area (Å²) in [5.41, 5.74) is 2.35. The van der Waals surface area contributed by atoms with E-state index in [2.05, 4.69) is 21.6 Å². The third-order valence-electron chi connectivity index (χ3n) is 4.50. The van der Waals surface area contributed by atoms with Crippen LogP contribution in [0.2, 0.25) is 5.02 Å². The molecule has 136 valence electrons. The van der Waals surface area contributed by atoms with Crippen molar-refractivity contribution in [2.45, 2.75) is 19.3 Å². The smallest absolute Gasteiger partial charge is 0.238 e. The van der Waals surface area contributed by atoms with Crippen molar-refractivity contribution in [1.29, 1.82) is 0 Å². The molecule has 1 saturated heterocycles. The van der Waals surface area contributed by atoms with Crippen LogP contribution in [0, 0.1) is 0 Å². The standard InChI is InChI=1S/C20H22ClN3O2/c1-14(25)22-18-8-4-5-9-19(18)23-20(26)13-24-11-10-15(12-24)16-6-2-3-7-17(16)21/h2-9,15H,10-13H2,1H3,(H,22,25)(H,23,26)/t15-/m1/s1. The zero-order valence-electron chi connectivity index (χ0n) is 14.7. The summed E-state index contributed by atoms with van der Waals surface area (Å²) < 4.78 is 0. The van der Waals surface area contributed by atoms with Crippen molar-refractivity contribution in [3.8, 4) is 0 Å². The number of carbonyl (C=O) groups is 2. The van der Waals surface area contributed by atoms with E-state index in [0.29, 0.717) is 23.8 Å². The average molecular weight is 372 g/mol. The SMILES string of the molecule is CC(=O)Nc1ccccc1NC(=O)CN1CC[C@@H](c2ccccc2Cl)C1. The molecule has 26 heavy (non-hydrogen) atoms. The molecule has 1 heterocycles. The summed E-state index contributed by atoms with van der Waals surface area (Å²) in [6.07, 6.45) is 0.986. The van der Waals surface area contributed by atoms with E-state index in [9.17, 15) is 9.59 Å². The summed E-state index contributed by atoms with van der Waals surface area (Å²) in [6.45, 7) is 3.42. The van der Waals surface area contributed by atoms with Gasteiger partial charge in [-0.2, -0.15) is 0 Å². The average Bonchev–Trinajstić information content (AvgIpc) is 3.04. The van der Waals surface area contributed by atoms with Crippen molar-refractivity contribution >= 4 is 34.8 Å². The molecule has 1 fully saturated rings. The Hall–Kier alpha value is -2.37. The van der Waals surface area contributed by atoms with Crippen molar-refractivity contribution in [3.05, 3.63) is 59.1 Å². The van der Waals surface area contributed by atoms with E-state index in [1.807, 2.05) is 30.3 Å². The van der Waals surface area contributed by atoms with Gasteiger partial charge in [0.25, 0.3) is 0 Å². The molecule has 1 atom stereocenters. The van der Waals surface area contributed by atoms with Crippen LogP contribution in [0.4, 0.5) is 11.4 Å². The highest BCUT2D eigenvalue weighted by atomic mass is 35.5. The Balaban J connectivity index is 1.58. The molecule has 2 N–H and O–H groups in total. The lowest BCUT2D eigenvalue weighted by Gasteiger charge is -2.17. The monoisotopic (exact) mass is 371 g/mol. The van der Waals surface area contributed by atoms with Crippen LogP contribution >= 0.6 is 11.6 Å². The van der Waals surface area contributed by atoms with Gasteiger partial charge in [-0.05, 0) is 42.6 Å². The van der Waals surface area contributed by atoms with Crippen molar-refractivity contribution < 1.29 is 9.59 Å². The van der Waals surface area contributed by atoms with Crippen LogP contribution < -0.4 is 10.6 Å². The predicted molar refractivity (Wildman–Crippen MR) is 105 cm³/mol. The number of anilines is 2. The quantitative estimate of drug-likeness (QED) is 0.841. The number of halogens is 1. The highest BCUT2D eigenvalue weighted by Gasteiger charge is 2.26. The van der Waals surface area contributed by atoms with Crippen LogP contribution in [-0.4, -0.2) is 36.3 Å². The number of nitrogens with one attached hydrogen (secondary N) is 2. The van der Waals surface area contributed by atoms with Gasteiger partial charge in [0.1, 0.15) is 0 Å². The third-order valence-corrected chi connectivity index (χ3v) is 4.84. The number of benzene rings is 2. The van der Waals surface area contributed by atoms with Gasteiger partial charge in [-0.15, -0.1) is 0 Å². The van der Waals surface area contributed by atoms with E-state index < -0.39 is 0 Å². The fraction of sp³-hybridized carbons (Fsp3) is 0.300. The lowest BCUT2D eigenvalue weighted by atomic mass is 9.98. The molecule has 1 aliphatic rings. The van der Waals surface area contributed by atoms with Crippen molar-refractivity contribution in [2.75, 3.05) is 30.3 Å². The Morgan fingerprint density at radius 3 is 2.42 bits per heavy atom. The van der Waals surface area contributed by atoms with Gasteiger partial charge in [0.15, 0.2) is 0 Å². The van der Waals surface area contributed by atoms with Crippen LogP contribution in [0.3, 0.4) is 0 Å². The first-order valence-electron chi connectivity index (χ1n) is 8.66. The Bertz CT molecular complexity index is 809. The van der Waals surface area contributed by atoms with E-state index in [-0.39, 0.29) is 11.8 Å². The Morgan fingerprint density at radius 2 is 1.73 bits per heavy atom. The first-order chi connectivity index (χ1) is 12.5. The van der Waals surface area contributed by atoms with E-state index in [4.69, 9.17) is 11.6 Å². The minimum Gasteiger partial charge on any atom is -0.325 e. The van der Waals surface area contributed by atoms with Crippen LogP contribution in [0.1, 0.15) is 24.8 Å². The molecule has 6 heteroatoms. The van der Waals surface area contributed by atoms with Gasteiger partial charge in [0, 0.05) is 18.5 Å². The number of para-hydroxylation sites is 2. The van der Waals surface area contributed by atoms with Gasteiger partial charge in [-0.1, -0.05) is 41.9 Å². The first kappa shape index (κ1) is 18.4. The molecule has 0 bridgehead atoms. The molecule has 2 aromatic rings. The summed E-state index contributed by atoms with van der Waals surface area (Å²) >= 11 is 6.29. The van der Waals surface area contributed by atoms with Gasteiger partial charge >= 0.3 is 0 Å². The number of rotatable bonds is 5. The summed E-state index contributed by atoms with van der Waals surface area (Å²) in [4.78, 5) is 25.8. The molecule has 0 spiro atoms. The Morgan fingerprint density at radius 1 is 1.08 bits per heavy atom. The molecule has 0 saturated carbocycles. The molecule has 2 aromatic carbocycles. The zero-order chi connectivity index (χ0) is 18.5. The molecule has 1 aliphatic heterocycles. The van der Waals surface area contributed by atoms with Gasteiger partial charge in [-0.3, -0.25) is 14.5 Å². The molecule has 3 rings (SSSR count). The van der Waals surface area contributed by atoms with E-state index in [1.54, 1.807) is 12.1 Å². The van der Waals surface area contributed by atoms with Crippen LogP contribution in [0.5, 0.6) is 0 Å². The third kappa shape index (κ3) is 4.62. The van der Waals surface area contributed by atoms with Crippen molar-refractivity contribution in [1.82, 2.24) is 4.90 Å². The molecule has 2 amide bonds. The fourth-order valence-electron chi connectivity index (χ4n) is 3.32. The molecular weight excluding hydrogens is 350 g/mol. The normalized spacial score (nSPS) is 17.1. The minimum atomic E-state index is -0.172. The minimum absolute atomic E-state index is 0.0948. The van der Waals surface area contributed by atoms with Crippen molar-refractivity contribution in [2.24, 2.45) is 0 Å². The van der Waals surface area contributed by atoms with E-state index >= 15 is 0 Å². The number of hydrogen-bond donors (Lipinski definition) is 2. The Labute approximate surface area is 158 Å². The summed E-state index contributed by atoms with van der Waals surface area (Å²) in [5, 5.41) is 6.40. The maximum atomic E-state index is 12.4. The van der Waals surface area contributed by atoms with Crippen LogP contribution in [-0.2, 0) is 9.59 Å². The molecule has 0 aromatic heterocycles. The largest absolute Gasteiger partial charge is 0.325 e. The fourth-order valence-corrected chi connectivity index (χ4v) is 3.61. The van der Waals surface area contributed by atoms with E-state index in [0.717, 1.165) is 30.1 Å². The molecular formula is C20H22ClN3O2. The van der Waals surface area contributed by atoms with Crippen LogP contribution in [0.15, 0.2) is 48.5 Å². The van der Waals surface area contributed by atoms with Gasteiger partial charge in [0.05, 0.1) is 17.9 Å². The number of likely N-dealkylation sites (tertiary alicyclic amines) is 1. The maximum Gasteiger partial charge on any atom is 0.238 e. The molecule has 0 unspecified atom stereocenters. The van der Waals surface area contributed by atoms with E-state index in [1.165, 1.54) is 6.92 Å². The molecule has 5 nitrogen and oxygen atoms in total. The summed E-state index contributed by atoms with van der Waals surface area (Å²) in [7, 11) is 0. The van der Waals surface area contributed by atoms with Gasteiger partial charge < -0.3 is 10.6 Å². The zero-order valence-corrected chi connectivity index (χ0v) is 15.4. The van der Waals surface area contributed by atoms with Gasteiger partial charge in [-0.25, -0.2) is 0 Å². The summed E-state index contributed by atoms with van der Waals surface area (Å²) in [6, 6.07) is 15.1. The van der Waals surface area contributed by atoms with Crippen molar-refractivity contribution in [3.63, 3.8) is 0 Å². The topological polar surface area (TPSA) is 61.4 Å². The summed E-state index contributed by atoms with van der Waals surface area (Å²) in [5.74, 6) is 0.0830. The van der Waals surface area contributed by atoms with Crippen LogP contribution in [0.25, 0.3) is 0 Å². The Kier molecular flexibility index (Phi) is 5.91. The number of amides is 2. The second kappa shape index (κ2) is 8.34. The van der Waals surface area contributed by atoms with Gasteiger partial charge in [0.2, 0.25) is 11.8 Å². The molecule has 0 radical (unpaired) electrons. The highest BCUT2D eigenvalue weighted by Crippen LogP contribution is 2.31. The second-order valence-corrected chi connectivity index (χ2v) is 6.92. The number of hydrogen-bond acceptors (Lipinski definition) is 3. The number of carbonyl (C=O) groups excluding carboxylic acids is 2. The second-order valence-electron chi connectivity index (χ2n) is 6.52. The highest BCUT2D eigenvalue weighted by molar-refractivity contribution is 6.31. The first-order valence-corrected chi connectivity index (χ1v) is 9.04. The lowest BCUT2D eigenvalue weighted by molar-refractivity contribution is -0.117. The molecule has 0 aliphatic carbocycles. The maximum absolute atomic E-state index is 12.4. The lowest BCUT2D eigenvalue weighted by Crippen LogP contribution is -2.31. The number of nitrogens with zero attached hydrogens (tertiary/aromatic N) is 1.